The second-order valence-electron chi connectivity index (χ2n) is 5.02. The maximum atomic E-state index is 11.8. The average Bonchev–Trinajstić information content (AvgIpc) is 3.31. The molecule has 0 radical (unpaired) electrons. The van der Waals surface area contributed by atoms with Crippen LogP contribution in [0.4, 0.5) is 0 Å². The number of nitrogens with zero attached hydrogens (tertiary/aromatic N) is 4. The number of aromatic nitrogens is 4. The van der Waals surface area contributed by atoms with Gasteiger partial charge in [0.2, 0.25) is 17.7 Å². The molecule has 8 heteroatoms. The fourth-order valence-corrected chi connectivity index (χ4v) is 2.70. The Morgan fingerprint density at radius 3 is 3.13 bits per heavy atom. The third-order valence-electron chi connectivity index (χ3n) is 3.28. The molecule has 0 bridgehead atoms. The van der Waals surface area contributed by atoms with Gasteiger partial charge in [-0.25, -0.2) is 4.98 Å². The average molecular weight is 331 g/mol. The van der Waals surface area contributed by atoms with E-state index in [2.05, 4.69) is 20.5 Å². The molecule has 1 N–H and O–H groups in total. The zero-order chi connectivity index (χ0) is 15.9. The molecule has 3 aromatic rings. The molecule has 0 unspecified atom stereocenters. The number of hydrogen-bond acceptors (Lipinski definition) is 6. The summed E-state index contributed by atoms with van der Waals surface area (Å²) in [5.74, 6) is 0.979. The van der Waals surface area contributed by atoms with Crippen LogP contribution in [0.25, 0.3) is 11.5 Å². The van der Waals surface area contributed by atoms with Crippen LogP contribution >= 0.6 is 11.3 Å². The van der Waals surface area contributed by atoms with Crippen molar-refractivity contribution in [1.82, 2.24) is 25.1 Å². The van der Waals surface area contributed by atoms with Gasteiger partial charge >= 0.3 is 0 Å². The molecule has 1 amide bonds. The molecule has 0 aliphatic carbocycles. The monoisotopic (exact) mass is 331 g/mol. The predicted octanol–water partition coefficient (Wildman–Crippen LogP) is 2.13. The molecule has 0 aromatic carbocycles. The van der Waals surface area contributed by atoms with E-state index in [1.54, 1.807) is 23.9 Å². The lowest BCUT2D eigenvalue weighted by atomic mass is 10.3. The fourth-order valence-electron chi connectivity index (χ4n) is 2.07. The minimum Gasteiger partial charge on any atom is -0.421 e. The van der Waals surface area contributed by atoms with Gasteiger partial charge in [0.05, 0.1) is 6.33 Å². The van der Waals surface area contributed by atoms with Gasteiger partial charge in [0.25, 0.3) is 0 Å². The zero-order valence-corrected chi connectivity index (χ0v) is 13.3. The van der Waals surface area contributed by atoms with Gasteiger partial charge in [-0.05, 0) is 17.9 Å². The van der Waals surface area contributed by atoms with Crippen LogP contribution in [0.5, 0.6) is 0 Å². The number of aryl methyl sites for hydroxylation is 2. The van der Waals surface area contributed by atoms with E-state index in [1.807, 2.05) is 27.6 Å². The second-order valence-corrected chi connectivity index (χ2v) is 5.80. The molecule has 3 rings (SSSR count). The molecule has 0 saturated carbocycles. The largest absolute Gasteiger partial charge is 0.421 e. The SMILES string of the molecule is O=C(CCc1nnc(-c2ccsc2)o1)NCCCn1ccnc1. The quantitative estimate of drug-likeness (QED) is 0.639. The zero-order valence-electron chi connectivity index (χ0n) is 12.5. The Bertz CT molecular complexity index is 721. The maximum Gasteiger partial charge on any atom is 0.248 e. The van der Waals surface area contributed by atoms with Crippen LogP contribution in [0.15, 0.2) is 40.0 Å². The summed E-state index contributed by atoms with van der Waals surface area (Å²) in [5, 5.41) is 14.8. The van der Waals surface area contributed by atoms with Gasteiger partial charge in [-0.2, -0.15) is 11.3 Å². The topological polar surface area (TPSA) is 85.8 Å². The van der Waals surface area contributed by atoms with Crippen LogP contribution in [0.3, 0.4) is 0 Å². The first-order valence-corrected chi connectivity index (χ1v) is 8.33. The standard InChI is InChI=1S/C15H17N5O2S/c21-13(17-5-1-7-20-8-6-16-11-20)2-3-14-18-19-15(22-14)12-4-9-23-10-12/h4,6,8-11H,1-3,5,7H2,(H,17,21). The van der Waals surface area contributed by atoms with Crippen molar-refractivity contribution in [2.24, 2.45) is 0 Å². The Morgan fingerprint density at radius 2 is 2.35 bits per heavy atom. The minimum atomic E-state index is -0.00841. The van der Waals surface area contributed by atoms with Crippen LogP contribution in [0, 0.1) is 0 Å². The van der Waals surface area contributed by atoms with Crippen molar-refractivity contribution in [3.63, 3.8) is 0 Å². The maximum absolute atomic E-state index is 11.8. The van der Waals surface area contributed by atoms with Crippen LogP contribution in [-0.4, -0.2) is 32.2 Å². The summed E-state index contributed by atoms with van der Waals surface area (Å²) in [6.45, 7) is 1.48. The van der Waals surface area contributed by atoms with E-state index in [0.29, 0.717) is 31.2 Å². The highest BCUT2D eigenvalue weighted by Gasteiger charge is 2.10. The van der Waals surface area contributed by atoms with E-state index in [1.165, 1.54) is 0 Å². The minimum absolute atomic E-state index is 0.00841. The van der Waals surface area contributed by atoms with Crippen LogP contribution in [-0.2, 0) is 17.8 Å². The van der Waals surface area contributed by atoms with Gasteiger partial charge in [-0.1, -0.05) is 0 Å². The Labute approximate surface area is 137 Å². The summed E-state index contributed by atoms with van der Waals surface area (Å²) in [6, 6.07) is 1.93. The van der Waals surface area contributed by atoms with E-state index in [0.717, 1.165) is 18.5 Å². The molecule has 7 nitrogen and oxygen atoms in total. The van der Waals surface area contributed by atoms with E-state index < -0.39 is 0 Å². The molecule has 3 aromatic heterocycles. The summed E-state index contributed by atoms with van der Waals surface area (Å²) >= 11 is 1.57. The van der Waals surface area contributed by atoms with Gasteiger partial charge < -0.3 is 14.3 Å². The van der Waals surface area contributed by atoms with Crippen LogP contribution in [0.1, 0.15) is 18.7 Å². The molecule has 0 fully saturated rings. The van der Waals surface area contributed by atoms with Crippen molar-refractivity contribution in [3.05, 3.63) is 41.4 Å². The van der Waals surface area contributed by atoms with Gasteiger partial charge in [-0.15, -0.1) is 10.2 Å². The molecular weight excluding hydrogens is 314 g/mol. The number of nitrogens with one attached hydrogen (secondary N) is 1. The molecule has 3 heterocycles. The summed E-state index contributed by atoms with van der Waals surface area (Å²) in [4.78, 5) is 15.8. The number of thiophene rings is 1. The first kappa shape index (κ1) is 15.4. The number of imidazole rings is 1. The molecule has 0 saturated heterocycles. The van der Waals surface area contributed by atoms with Crippen LogP contribution < -0.4 is 5.32 Å². The smallest absolute Gasteiger partial charge is 0.248 e. The molecule has 0 atom stereocenters. The highest BCUT2D eigenvalue weighted by molar-refractivity contribution is 7.08. The molecule has 0 aliphatic heterocycles. The van der Waals surface area contributed by atoms with Crippen molar-refractivity contribution in [3.8, 4) is 11.5 Å². The van der Waals surface area contributed by atoms with E-state index >= 15 is 0 Å². The Kier molecular flexibility index (Phi) is 5.15. The van der Waals surface area contributed by atoms with Gasteiger partial charge in [0.15, 0.2) is 0 Å². The Balaban J connectivity index is 1.36. The number of amides is 1. The number of hydrogen-bond donors (Lipinski definition) is 1. The summed E-state index contributed by atoms with van der Waals surface area (Å²) in [5.41, 5.74) is 0.915. The van der Waals surface area contributed by atoms with Gasteiger partial charge in [0.1, 0.15) is 0 Å². The van der Waals surface area contributed by atoms with Crippen molar-refractivity contribution in [2.45, 2.75) is 25.8 Å². The van der Waals surface area contributed by atoms with Crippen molar-refractivity contribution < 1.29 is 9.21 Å². The van der Waals surface area contributed by atoms with Crippen molar-refractivity contribution in [1.29, 1.82) is 0 Å². The molecule has 0 aliphatic rings. The number of rotatable bonds is 8. The van der Waals surface area contributed by atoms with Crippen LogP contribution in [0.2, 0.25) is 0 Å². The molecule has 120 valence electrons. The summed E-state index contributed by atoms with van der Waals surface area (Å²) in [6.07, 6.45) is 7.07. The predicted molar refractivity (Wildman–Crippen MR) is 85.8 cm³/mol. The number of carbonyl (C=O) groups is 1. The van der Waals surface area contributed by atoms with Crippen molar-refractivity contribution in [2.75, 3.05) is 6.54 Å². The van der Waals surface area contributed by atoms with Crippen molar-refractivity contribution >= 4 is 17.2 Å². The lowest BCUT2D eigenvalue weighted by molar-refractivity contribution is -0.121. The normalized spacial score (nSPS) is 10.8. The van der Waals surface area contributed by atoms with E-state index in [-0.39, 0.29) is 5.91 Å². The van der Waals surface area contributed by atoms with E-state index in [4.69, 9.17) is 4.42 Å². The Hall–Kier alpha value is -2.48. The molecular formula is C15H17N5O2S. The highest BCUT2D eigenvalue weighted by atomic mass is 32.1. The third-order valence-corrected chi connectivity index (χ3v) is 3.96. The second kappa shape index (κ2) is 7.68. The number of carbonyl (C=O) groups excluding carboxylic acids is 1. The Morgan fingerprint density at radius 1 is 1.39 bits per heavy atom. The molecule has 23 heavy (non-hydrogen) atoms. The first-order valence-electron chi connectivity index (χ1n) is 7.38. The summed E-state index contributed by atoms with van der Waals surface area (Å²) < 4.78 is 7.53. The lowest BCUT2D eigenvalue weighted by Gasteiger charge is -2.04. The summed E-state index contributed by atoms with van der Waals surface area (Å²) in [7, 11) is 0. The van der Waals surface area contributed by atoms with E-state index in [9.17, 15) is 4.79 Å². The molecule has 0 spiro atoms. The highest BCUT2D eigenvalue weighted by Crippen LogP contribution is 2.20. The lowest BCUT2D eigenvalue weighted by Crippen LogP contribution is -2.25. The fraction of sp³-hybridized carbons (Fsp3) is 0.333. The first-order chi connectivity index (χ1) is 11.3. The van der Waals surface area contributed by atoms with Gasteiger partial charge in [0, 0.05) is 49.3 Å². The van der Waals surface area contributed by atoms with Gasteiger partial charge in [-0.3, -0.25) is 4.79 Å². The third kappa shape index (κ3) is 4.49.